The monoisotopic (exact) mass is 269 g/mol. The fourth-order valence-corrected chi connectivity index (χ4v) is 1.52. The molecule has 0 rings (SSSR count). The van der Waals surface area contributed by atoms with Gasteiger partial charge >= 0.3 is 6.18 Å². The molecule has 0 spiro atoms. The van der Waals surface area contributed by atoms with E-state index >= 15 is 0 Å². The molecule has 7 heteroatoms. The fourth-order valence-electron chi connectivity index (χ4n) is 1.52. The van der Waals surface area contributed by atoms with Crippen molar-refractivity contribution in [2.45, 2.75) is 38.4 Å². The van der Waals surface area contributed by atoms with Crippen molar-refractivity contribution in [3.63, 3.8) is 0 Å². The van der Waals surface area contributed by atoms with Crippen LogP contribution in [0.4, 0.5) is 13.2 Å². The van der Waals surface area contributed by atoms with Gasteiger partial charge in [0.1, 0.15) is 0 Å². The van der Waals surface area contributed by atoms with Gasteiger partial charge < -0.3 is 11.1 Å². The van der Waals surface area contributed by atoms with Crippen molar-refractivity contribution in [3.05, 3.63) is 0 Å². The summed E-state index contributed by atoms with van der Waals surface area (Å²) in [5.74, 6) is -0.240. The molecule has 0 saturated heterocycles. The van der Waals surface area contributed by atoms with Gasteiger partial charge in [0, 0.05) is 6.54 Å². The third-order valence-electron chi connectivity index (χ3n) is 2.40. The van der Waals surface area contributed by atoms with Crippen LogP contribution in [-0.4, -0.2) is 49.7 Å². The highest BCUT2D eigenvalue weighted by Gasteiger charge is 2.28. The van der Waals surface area contributed by atoms with Crippen LogP contribution in [0.3, 0.4) is 0 Å². The molecule has 0 aliphatic carbocycles. The predicted octanol–water partition coefficient (Wildman–Crippen LogP) is 1.11. The third kappa shape index (κ3) is 9.23. The molecular formula is C11H22F3N3O. The molecule has 0 heterocycles. The molecule has 108 valence electrons. The second kappa shape index (κ2) is 8.31. The molecule has 0 aliphatic rings. The number of alkyl halides is 3. The van der Waals surface area contributed by atoms with Gasteiger partial charge in [0.2, 0.25) is 5.91 Å². The van der Waals surface area contributed by atoms with Gasteiger partial charge in [-0.15, -0.1) is 0 Å². The minimum atomic E-state index is -4.18. The standard InChI is InChI=1S/C11H22F3N3O/c1-3-5-9(15)10(18)16-6-4-7-17(2)8-11(12,13)14/h9H,3-8,15H2,1-2H3,(H,16,18). The van der Waals surface area contributed by atoms with Crippen molar-refractivity contribution in [3.8, 4) is 0 Å². The smallest absolute Gasteiger partial charge is 0.355 e. The first-order valence-electron chi connectivity index (χ1n) is 6.05. The van der Waals surface area contributed by atoms with Crippen LogP contribution in [0.2, 0.25) is 0 Å². The summed E-state index contributed by atoms with van der Waals surface area (Å²) >= 11 is 0. The van der Waals surface area contributed by atoms with Gasteiger partial charge in [-0.25, -0.2) is 0 Å². The average Bonchev–Trinajstić information content (AvgIpc) is 2.21. The van der Waals surface area contributed by atoms with Crippen LogP contribution < -0.4 is 11.1 Å². The molecule has 0 aromatic heterocycles. The van der Waals surface area contributed by atoms with E-state index in [0.29, 0.717) is 19.4 Å². The lowest BCUT2D eigenvalue weighted by Gasteiger charge is -2.18. The molecule has 4 nitrogen and oxygen atoms in total. The second-order valence-corrected chi connectivity index (χ2v) is 4.39. The van der Waals surface area contributed by atoms with Gasteiger partial charge in [0.25, 0.3) is 0 Å². The van der Waals surface area contributed by atoms with E-state index in [9.17, 15) is 18.0 Å². The summed E-state index contributed by atoms with van der Waals surface area (Å²) < 4.78 is 36.0. The molecule has 0 radical (unpaired) electrons. The van der Waals surface area contributed by atoms with Crippen LogP contribution in [0.15, 0.2) is 0 Å². The Morgan fingerprint density at radius 1 is 1.44 bits per heavy atom. The van der Waals surface area contributed by atoms with E-state index in [0.717, 1.165) is 6.42 Å². The molecule has 0 saturated carbocycles. The molecule has 1 unspecified atom stereocenters. The van der Waals surface area contributed by atoms with E-state index in [1.165, 1.54) is 11.9 Å². The number of carbonyl (C=O) groups is 1. The maximum atomic E-state index is 12.0. The Balaban J connectivity index is 3.64. The predicted molar refractivity (Wildman–Crippen MR) is 64.1 cm³/mol. The number of hydrogen-bond acceptors (Lipinski definition) is 3. The minimum Gasteiger partial charge on any atom is -0.355 e. The summed E-state index contributed by atoms with van der Waals surface area (Å²) in [7, 11) is 1.40. The maximum Gasteiger partial charge on any atom is 0.401 e. The highest BCUT2D eigenvalue weighted by Crippen LogP contribution is 2.15. The van der Waals surface area contributed by atoms with E-state index in [4.69, 9.17) is 5.73 Å². The Morgan fingerprint density at radius 2 is 2.06 bits per heavy atom. The summed E-state index contributed by atoms with van der Waals surface area (Å²) in [6.45, 7) is 1.62. The van der Waals surface area contributed by atoms with Gasteiger partial charge in [-0.05, 0) is 26.4 Å². The average molecular weight is 269 g/mol. The Bertz CT molecular complexity index is 246. The van der Waals surface area contributed by atoms with Crippen LogP contribution >= 0.6 is 0 Å². The maximum absolute atomic E-state index is 12.0. The lowest BCUT2D eigenvalue weighted by Crippen LogP contribution is -2.41. The van der Waals surface area contributed by atoms with Crippen molar-refractivity contribution in [2.75, 3.05) is 26.7 Å². The Labute approximate surface area is 106 Å². The number of carbonyl (C=O) groups excluding carboxylic acids is 1. The Kier molecular flexibility index (Phi) is 7.93. The highest BCUT2D eigenvalue weighted by atomic mass is 19.4. The van der Waals surface area contributed by atoms with Crippen LogP contribution in [0.5, 0.6) is 0 Å². The highest BCUT2D eigenvalue weighted by molar-refractivity contribution is 5.81. The molecule has 0 aromatic rings. The van der Waals surface area contributed by atoms with E-state index in [2.05, 4.69) is 5.32 Å². The van der Waals surface area contributed by atoms with Gasteiger partial charge in [0.15, 0.2) is 0 Å². The van der Waals surface area contributed by atoms with Gasteiger partial charge in [-0.3, -0.25) is 9.69 Å². The molecule has 3 N–H and O–H groups in total. The minimum absolute atomic E-state index is 0.240. The van der Waals surface area contributed by atoms with Crippen molar-refractivity contribution in [1.82, 2.24) is 10.2 Å². The Morgan fingerprint density at radius 3 is 2.56 bits per heavy atom. The van der Waals surface area contributed by atoms with Crippen LogP contribution in [-0.2, 0) is 4.79 Å². The number of nitrogens with zero attached hydrogens (tertiary/aromatic N) is 1. The van der Waals surface area contributed by atoms with Crippen LogP contribution in [0.25, 0.3) is 0 Å². The van der Waals surface area contributed by atoms with E-state index in [1.807, 2.05) is 6.92 Å². The number of nitrogens with two attached hydrogens (primary N) is 1. The van der Waals surface area contributed by atoms with Gasteiger partial charge in [-0.2, -0.15) is 13.2 Å². The molecule has 18 heavy (non-hydrogen) atoms. The van der Waals surface area contributed by atoms with Gasteiger partial charge in [0.05, 0.1) is 12.6 Å². The summed E-state index contributed by atoms with van der Waals surface area (Å²) in [5.41, 5.74) is 5.58. The number of nitrogens with one attached hydrogen (secondary N) is 1. The van der Waals surface area contributed by atoms with Crippen molar-refractivity contribution in [1.29, 1.82) is 0 Å². The van der Waals surface area contributed by atoms with Crippen molar-refractivity contribution >= 4 is 5.91 Å². The zero-order valence-electron chi connectivity index (χ0n) is 10.9. The van der Waals surface area contributed by atoms with Crippen molar-refractivity contribution in [2.24, 2.45) is 5.73 Å². The number of hydrogen-bond donors (Lipinski definition) is 2. The first-order valence-corrected chi connectivity index (χ1v) is 6.05. The molecule has 0 aromatic carbocycles. The SMILES string of the molecule is CCCC(N)C(=O)NCCCN(C)CC(F)(F)F. The third-order valence-corrected chi connectivity index (χ3v) is 2.40. The van der Waals surface area contributed by atoms with Crippen molar-refractivity contribution < 1.29 is 18.0 Å². The topological polar surface area (TPSA) is 58.4 Å². The molecule has 0 bridgehead atoms. The first-order chi connectivity index (χ1) is 8.26. The summed E-state index contributed by atoms with van der Waals surface area (Å²) in [4.78, 5) is 12.6. The molecule has 0 fully saturated rings. The Hall–Kier alpha value is -0.820. The van der Waals surface area contributed by atoms with E-state index in [-0.39, 0.29) is 12.5 Å². The first kappa shape index (κ1) is 17.2. The molecular weight excluding hydrogens is 247 g/mol. The fraction of sp³-hybridized carbons (Fsp3) is 0.909. The van der Waals surface area contributed by atoms with Crippen LogP contribution in [0, 0.1) is 0 Å². The van der Waals surface area contributed by atoms with E-state index < -0.39 is 18.8 Å². The van der Waals surface area contributed by atoms with Crippen LogP contribution in [0.1, 0.15) is 26.2 Å². The summed E-state index contributed by atoms with van der Waals surface area (Å²) in [6.07, 6.45) is -2.28. The normalized spacial score (nSPS) is 13.7. The molecule has 1 amide bonds. The summed E-state index contributed by atoms with van der Waals surface area (Å²) in [6, 6.07) is -0.525. The van der Waals surface area contributed by atoms with Gasteiger partial charge in [-0.1, -0.05) is 13.3 Å². The zero-order valence-corrected chi connectivity index (χ0v) is 10.9. The van der Waals surface area contributed by atoms with E-state index in [1.54, 1.807) is 0 Å². The lowest BCUT2D eigenvalue weighted by molar-refractivity contribution is -0.143. The number of rotatable bonds is 8. The summed E-state index contributed by atoms with van der Waals surface area (Å²) in [5, 5.41) is 2.61. The zero-order chi connectivity index (χ0) is 14.2. The second-order valence-electron chi connectivity index (χ2n) is 4.39. The number of amides is 1. The quantitative estimate of drug-likeness (QED) is 0.649. The lowest BCUT2D eigenvalue weighted by atomic mass is 10.1. The number of halogens is 3. The molecule has 1 atom stereocenters. The largest absolute Gasteiger partial charge is 0.401 e. The molecule has 0 aliphatic heterocycles.